The van der Waals surface area contributed by atoms with Crippen molar-refractivity contribution in [1.29, 1.82) is 0 Å². The van der Waals surface area contributed by atoms with Gasteiger partial charge in [0.1, 0.15) is 11.4 Å². The van der Waals surface area contributed by atoms with Gasteiger partial charge in [-0.3, -0.25) is 4.72 Å². The molecule has 8 nitrogen and oxygen atoms in total. The highest BCUT2D eigenvalue weighted by atomic mass is 32.2. The summed E-state index contributed by atoms with van der Waals surface area (Å²) in [6, 6.07) is 4.66. The van der Waals surface area contributed by atoms with E-state index in [0.717, 1.165) is 4.31 Å². The fourth-order valence-corrected chi connectivity index (χ4v) is 1.95. The second-order valence-corrected chi connectivity index (χ2v) is 5.64. The molecule has 0 aliphatic carbocycles. The summed E-state index contributed by atoms with van der Waals surface area (Å²) in [6.07, 6.45) is 0. The average molecular weight is 288 g/mol. The molecule has 0 aliphatic rings. The van der Waals surface area contributed by atoms with Crippen LogP contribution in [0.2, 0.25) is 0 Å². The highest BCUT2D eigenvalue weighted by Gasteiger charge is 2.20. The van der Waals surface area contributed by atoms with Gasteiger partial charge in [-0.15, -0.1) is 0 Å². The predicted octanol–water partition coefficient (Wildman–Crippen LogP) is 0.00800. The quantitative estimate of drug-likeness (QED) is 0.305. The summed E-state index contributed by atoms with van der Waals surface area (Å²) in [5.74, 6) is 0.0323. The van der Waals surface area contributed by atoms with Crippen molar-refractivity contribution in [3.8, 4) is 5.75 Å². The lowest BCUT2D eigenvalue weighted by Crippen LogP contribution is -2.30. The van der Waals surface area contributed by atoms with E-state index in [2.05, 4.69) is 9.88 Å². The molecule has 19 heavy (non-hydrogen) atoms. The van der Waals surface area contributed by atoms with Gasteiger partial charge in [0.05, 0.1) is 7.11 Å². The molecule has 0 amide bonds. The first-order valence-corrected chi connectivity index (χ1v) is 6.62. The van der Waals surface area contributed by atoms with Crippen molar-refractivity contribution < 1.29 is 18.4 Å². The number of ether oxygens (including phenoxy) is 1. The summed E-state index contributed by atoms with van der Waals surface area (Å²) in [5, 5.41) is 11.6. The van der Waals surface area contributed by atoms with Crippen molar-refractivity contribution >= 4 is 21.7 Å². The summed E-state index contributed by atoms with van der Waals surface area (Å²) < 4.78 is 32.1. The van der Waals surface area contributed by atoms with Gasteiger partial charge in [-0.1, -0.05) is 11.2 Å². The molecule has 1 rings (SSSR count). The van der Waals surface area contributed by atoms with E-state index < -0.39 is 10.2 Å². The molecule has 1 aromatic carbocycles. The third kappa shape index (κ3) is 3.26. The summed E-state index contributed by atoms with van der Waals surface area (Å²) in [6.45, 7) is 0. The van der Waals surface area contributed by atoms with Crippen LogP contribution in [0.5, 0.6) is 5.75 Å². The Morgan fingerprint density at radius 2 is 2.11 bits per heavy atom. The maximum absolute atomic E-state index is 11.8. The standard InChI is InChI=1S/C10H16N4O4S/c1-14(2)19(16,17)13-9-7(10(11)12-15)5-4-6-8(9)18-3/h4-6,13,15H,1-3H3,(H2,11,12). The van der Waals surface area contributed by atoms with Crippen molar-refractivity contribution in [1.82, 2.24) is 4.31 Å². The Hall–Kier alpha value is -2.00. The molecule has 0 saturated heterocycles. The van der Waals surface area contributed by atoms with Crippen LogP contribution in [0.1, 0.15) is 5.56 Å². The number of hydrogen-bond acceptors (Lipinski definition) is 5. The van der Waals surface area contributed by atoms with Crippen LogP contribution in [-0.4, -0.2) is 45.0 Å². The van der Waals surface area contributed by atoms with Gasteiger partial charge in [-0.2, -0.15) is 12.7 Å². The number of methoxy groups -OCH3 is 1. The maximum Gasteiger partial charge on any atom is 0.301 e. The SMILES string of the molecule is COc1cccc(/C(N)=N/O)c1NS(=O)(=O)N(C)C. The van der Waals surface area contributed by atoms with E-state index in [1.165, 1.54) is 27.3 Å². The molecular formula is C10H16N4O4S. The van der Waals surface area contributed by atoms with E-state index in [9.17, 15) is 8.42 Å². The molecule has 0 unspecified atom stereocenters. The van der Waals surface area contributed by atoms with E-state index in [0.29, 0.717) is 0 Å². The van der Waals surface area contributed by atoms with Gasteiger partial charge in [-0.25, -0.2) is 0 Å². The minimum Gasteiger partial charge on any atom is -0.495 e. The van der Waals surface area contributed by atoms with Crippen molar-refractivity contribution in [3.05, 3.63) is 23.8 Å². The Labute approximate surface area is 111 Å². The number of oxime groups is 1. The van der Waals surface area contributed by atoms with Gasteiger partial charge < -0.3 is 15.7 Å². The summed E-state index contributed by atoms with van der Waals surface area (Å²) in [5.41, 5.74) is 5.83. The molecule has 0 spiro atoms. The molecule has 0 heterocycles. The van der Waals surface area contributed by atoms with E-state index in [1.54, 1.807) is 12.1 Å². The molecule has 1 aromatic rings. The van der Waals surface area contributed by atoms with Gasteiger partial charge >= 0.3 is 10.2 Å². The number of nitrogens with two attached hydrogens (primary N) is 1. The fourth-order valence-electron chi connectivity index (χ4n) is 1.29. The second-order valence-electron chi connectivity index (χ2n) is 3.76. The first kappa shape index (κ1) is 15.1. The highest BCUT2D eigenvalue weighted by Crippen LogP contribution is 2.29. The van der Waals surface area contributed by atoms with E-state index in [4.69, 9.17) is 15.7 Å². The smallest absolute Gasteiger partial charge is 0.301 e. The topological polar surface area (TPSA) is 117 Å². The zero-order valence-corrected chi connectivity index (χ0v) is 11.6. The van der Waals surface area contributed by atoms with Gasteiger partial charge in [0.2, 0.25) is 0 Å². The predicted molar refractivity (Wildman–Crippen MR) is 71.7 cm³/mol. The summed E-state index contributed by atoms with van der Waals surface area (Å²) in [7, 11) is 0.403. The van der Waals surface area contributed by atoms with Crippen LogP contribution in [0.3, 0.4) is 0 Å². The highest BCUT2D eigenvalue weighted by molar-refractivity contribution is 7.90. The van der Waals surface area contributed by atoms with Crippen LogP contribution >= 0.6 is 0 Å². The number of nitrogens with zero attached hydrogens (tertiary/aromatic N) is 2. The number of anilines is 1. The van der Waals surface area contributed by atoms with E-state index in [-0.39, 0.29) is 22.8 Å². The zero-order chi connectivity index (χ0) is 14.6. The minimum absolute atomic E-state index is 0.106. The third-order valence-electron chi connectivity index (χ3n) is 2.34. The molecule has 4 N–H and O–H groups in total. The van der Waals surface area contributed by atoms with Crippen molar-refractivity contribution in [2.24, 2.45) is 10.9 Å². The van der Waals surface area contributed by atoms with Crippen molar-refractivity contribution in [2.45, 2.75) is 0 Å². The summed E-state index contributed by atoms with van der Waals surface area (Å²) in [4.78, 5) is 0. The van der Waals surface area contributed by atoms with Crippen LogP contribution in [0, 0.1) is 0 Å². The molecule has 0 fully saturated rings. The van der Waals surface area contributed by atoms with Crippen LogP contribution in [-0.2, 0) is 10.2 Å². The van der Waals surface area contributed by atoms with E-state index in [1.807, 2.05) is 0 Å². The molecule has 0 aliphatic heterocycles. The van der Waals surface area contributed by atoms with Crippen LogP contribution < -0.4 is 15.2 Å². The van der Waals surface area contributed by atoms with Gasteiger partial charge in [0.15, 0.2) is 5.84 Å². The number of benzene rings is 1. The van der Waals surface area contributed by atoms with Gasteiger partial charge in [0, 0.05) is 19.7 Å². The molecule has 0 bridgehead atoms. The lowest BCUT2D eigenvalue weighted by molar-refractivity contribution is 0.318. The van der Waals surface area contributed by atoms with Crippen LogP contribution in [0.4, 0.5) is 5.69 Å². The third-order valence-corrected chi connectivity index (χ3v) is 3.77. The van der Waals surface area contributed by atoms with Crippen LogP contribution in [0.25, 0.3) is 0 Å². The lowest BCUT2D eigenvalue weighted by atomic mass is 10.1. The summed E-state index contributed by atoms with van der Waals surface area (Å²) >= 11 is 0. The fraction of sp³-hybridized carbons (Fsp3) is 0.300. The van der Waals surface area contributed by atoms with E-state index >= 15 is 0 Å². The van der Waals surface area contributed by atoms with Crippen molar-refractivity contribution in [3.63, 3.8) is 0 Å². The number of para-hydroxylation sites is 1. The van der Waals surface area contributed by atoms with Gasteiger partial charge in [0.25, 0.3) is 0 Å². The Kier molecular flexibility index (Phi) is 4.57. The van der Waals surface area contributed by atoms with Crippen molar-refractivity contribution in [2.75, 3.05) is 25.9 Å². The second kappa shape index (κ2) is 5.76. The normalized spacial score (nSPS) is 12.5. The molecule has 106 valence electrons. The number of rotatable bonds is 5. The molecular weight excluding hydrogens is 272 g/mol. The first-order valence-electron chi connectivity index (χ1n) is 5.18. The molecule has 0 atom stereocenters. The maximum atomic E-state index is 11.8. The molecule has 9 heteroatoms. The lowest BCUT2D eigenvalue weighted by Gasteiger charge is -2.18. The molecule has 0 aromatic heterocycles. The van der Waals surface area contributed by atoms with Gasteiger partial charge in [-0.05, 0) is 12.1 Å². The zero-order valence-electron chi connectivity index (χ0n) is 10.8. The average Bonchev–Trinajstić information content (AvgIpc) is 2.37. The first-order chi connectivity index (χ1) is 8.83. The Morgan fingerprint density at radius 3 is 2.58 bits per heavy atom. The number of hydrogen-bond donors (Lipinski definition) is 3. The Bertz CT molecular complexity index is 583. The number of amidine groups is 1. The largest absolute Gasteiger partial charge is 0.495 e. The minimum atomic E-state index is -3.74. The monoisotopic (exact) mass is 288 g/mol. The Balaban J connectivity index is 3.39. The number of nitrogens with one attached hydrogen (secondary N) is 1. The molecule has 0 saturated carbocycles. The molecule has 0 radical (unpaired) electrons. The van der Waals surface area contributed by atoms with Crippen LogP contribution in [0.15, 0.2) is 23.4 Å². The Morgan fingerprint density at radius 1 is 1.47 bits per heavy atom.